The third-order valence-corrected chi connectivity index (χ3v) is 4.34. The molecule has 0 amide bonds. The summed E-state index contributed by atoms with van der Waals surface area (Å²) in [5.74, 6) is -0.347. The molecule has 0 fully saturated rings. The molecule has 3 nitrogen and oxygen atoms in total. The van der Waals surface area contributed by atoms with Gasteiger partial charge in [0.25, 0.3) is 0 Å². The van der Waals surface area contributed by atoms with Gasteiger partial charge in [-0.2, -0.15) is 5.10 Å². The van der Waals surface area contributed by atoms with Crippen LogP contribution in [0.1, 0.15) is 30.0 Å². The van der Waals surface area contributed by atoms with E-state index >= 15 is 0 Å². The fourth-order valence-electron chi connectivity index (χ4n) is 2.13. The molecule has 0 saturated carbocycles. The van der Waals surface area contributed by atoms with Crippen molar-refractivity contribution in [1.82, 2.24) is 9.78 Å². The second-order valence-corrected chi connectivity index (χ2v) is 5.78. The van der Waals surface area contributed by atoms with Crippen LogP contribution in [0.3, 0.4) is 0 Å². The fraction of sp³-hybridized carbons (Fsp3) is 0.357. The molecule has 6 heteroatoms. The van der Waals surface area contributed by atoms with Crippen LogP contribution in [-0.4, -0.2) is 14.9 Å². The number of rotatable bonds is 4. The molecule has 0 aliphatic rings. The summed E-state index contributed by atoms with van der Waals surface area (Å²) in [6, 6.07) is 4.23. The molecular weight excluding hydrogens is 347 g/mol. The van der Waals surface area contributed by atoms with Crippen molar-refractivity contribution in [3.8, 4) is 0 Å². The van der Waals surface area contributed by atoms with Gasteiger partial charge in [-0.05, 0) is 31.5 Å². The molecule has 1 heterocycles. The van der Waals surface area contributed by atoms with Gasteiger partial charge in [0, 0.05) is 17.4 Å². The number of hydrogen-bond acceptors (Lipinski definition) is 2. The summed E-state index contributed by atoms with van der Waals surface area (Å²) in [7, 11) is 0. The van der Waals surface area contributed by atoms with E-state index in [4.69, 9.17) is 11.6 Å². The van der Waals surface area contributed by atoms with Gasteiger partial charge in [0.1, 0.15) is 5.82 Å². The minimum absolute atomic E-state index is 0.331. The third-order valence-electron chi connectivity index (χ3n) is 3.16. The van der Waals surface area contributed by atoms with E-state index in [2.05, 4.69) is 21.0 Å². The van der Waals surface area contributed by atoms with Gasteiger partial charge in [-0.3, -0.25) is 4.68 Å². The minimum Gasteiger partial charge on any atom is -0.388 e. The zero-order chi connectivity index (χ0) is 14.9. The number of aliphatic hydroxyl groups is 1. The molecule has 1 N–H and O–H groups in total. The summed E-state index contributed by atoms with van der Waals surface area (Å²) in [6.45, 7) is 4.48. The van der Waals surface area contributed by atoms with Crippen LogP contribution < -0.4 is 0 Å². The van der Waals surface area contributed by atoms with Gasteiger partial charge in [0.15, 0.2) is 0 Å². The van der Waals surface area contributed by atoms with Gasteiger partial charge >= 0.3 is 0 Å². The van der Waals surface area contributed by atoms with Gasteiger partial charge in [-0.15, -0.1) is 0 Å². The van der Waals surface area contributed by atoms with Crippen molar-refractivity contribution >= 4 is 27.5 Å². The van der Waals surface area contributed by atoms with E-state index in [0.29, 0.717) is 28.0 Å². The maximum Gasteiger partial charge on any atom is 0.124 e. The smallest absolute Gasteiger partial charge is 0.124 e. The highest BCUT2D eigenvalue weighted by Crippen LogP contribution is 2.30. The SMILES string of the molecule is CCn1nc(C)c(Cl)c1CC(O)c1ccc(F)cc1Br. The largest absolute Gasteiger partial charge is 0.388 e. The second-order valence-electron chi connectivity index (χ2n) is 4.55. The Morgan fingerprint density at radius 3 is 2.80 bits per heavy atom. The molecule has 0 radical (unpaired) electrons. The predicted molar refractivity (Wildman–Crippen MR) is 80.4 cm³/mol. The van der Waals surface area contributed by atoms with E-state index in [-0.39, 0.29) is 5.82 Å². The van der Waals surface area contributed by atoms with Crippen LogP contribution in [0.25, 0.3) is 0 Å². The average molecular weight is 362 g/mol. The number of aliphatic hydroxyl groups excluding tert-OH is 1. The normalized spacial score (nSPS) is 12.7. The standard InChI is InChI=1S/C14H15BrClFN2O/c1-3-19-12(14(16)8(2)18-19)7-13(20)10-5-4-9(17)6-11(10)15/h4-6,13,20H,3,7H2,1-2H3. The first-order chi connectivity index (χ1) is 9.43. The summed E-state index contributed by atoms with van der Waals surface area (Å²) in [5, 5.41) is 15.2. The molecular formula is C14H15BrClFN2O. The van der Waals surface area contributed by atoms with Crippen molar-refractivity contribution < 1.29 is 9.50 Å². The number of halogens is 3. The maximum atomic E-state index is 13.1. The van der Waals surface area contributed by atoms with Crippen LogP contribution in [0.2, 0.25) is 5.02 Å². The molecule has 1 unspecified atom stereocenters. The summed E-state index contributed by atoms with van der Waals surface area (Å²) >= 11 is 9.49. The fourth-order valence-corrected chi connectivity index (χ4v) is 2.96. The van der Waals surface area contributed by atoms with E-state index < -0.39 is 6.10 Å². The Bertz CT molecular complexity index is 630. The lowest BCUT2D eigenvalue weighted by Crippen LogP contribution is -2.09. The van der Waals surface area contributed by atoms with Crippen LogP contribution >= 0.6 is 27.5 Å². The van der Waals surface area contributed by atoms with Crippen LogP contribution in [0.4, 0.5) is 4.39 Å². The second kappa shape index (κ2) is 6.24. The van der Waals surface area contributed by atoms with E-state index in [1.54, 1.807) is 10.7 Å². The lowest BCUT2D eigenvalue weighted by atomic mass is 10.0. The molecule has 1 atom stereocenters. The van der Waals surface area contributed by atoms with Gasteiger partial charge < -0.3 is 5.11 Å². The quantitative estimate of drug-likeness (QED) is 0.892. The Hall–Kier alpha value is -0.910. The van der Waals surface area contributed by atoms with E-state index in [1.165, 1.54) is 12.1 Å². The summed E-state index contributed by atoms with van der Waals surface area (Å²) in [6.07, 6.45) is -0.443. The first kappa shape index (κ1) is 15.5. The average Bonchev–Trinajstić information content (AvgIpc) is 2.66. The molecule has 0 bridgehead atoms. The minimum atomic E-state index is -0.774. The molecule has 0 aliphatic carbocycles. The van der Waals surface area contributed by atoms with Gasteiger partial charge in [-0.1, -0.05) is 33.6 Å². The molecule has 0 saturated heterocycles. The van der Waals surface area contributed by atoms with Crippen molar-refractivity contribution in [2.75, 3.05) is 0 Å². The predicted octanol–water partition coefficient (Wildman–Crippen LogP) is 4.04. The molecule has 1 aromatic heterocycles. The zero-order valence-electron chi connectivity index (χ0n) is 11.2. The Morgan fingerprint density at radius 2 is 2.20 bits per heavy atom. The number of aromatic nitrogens is 2. The monoisotopic (exact) mass is 360 g/mol. The Morgan fingerprint density at radius 1 is 1.50 bits per heavy atom. The Balaban J connectivity index is 2.30. The summed E-state index contributed by atoms with van der Waals surface area (Å²) in [5.41, 5.74) is 2.16. The topological polar surface area (TPSA) is 38.0 Å². The van der Waals surface area contributed by atoms with E-state index in [1.807, 2.05) is 13.8 Å². The Kier molecular flexibility index (Phi) is 4.83. The van der Waals surface area contributed by atoms with E-state index in [0.717, 1.165) is 11.4 Å². The van der Waals surface area contributed by atoms with Crippen LogP contribution in [0.15, 0.2) is 22.7 Å². The molecule has 0 spiro atoms. The zero-order valence-corrected chi connectivity index (χ0v) is 13.5. The first-order valence-corrected chi connectivity index (χ1v) is 7.46. The molecule has 20 heavy (non-hydrogen) atoms. The first-order valence-electron chi connectivity index (χ1n) is 6.28. The van der Waals surface area contributed by atoms with Crippen LogP contribution in [-0.2, 0) is 13.0 Å². The highest BCUT2D eigenvalue weighted by atomic mass is 79.9. The number of benzene rings is 1. The highest BCUT2D eigenvalue weighted by Gasteiger charge is 2.19. The summed E-state index contributed by atoms with van der Waals surface area (Å²) in [4.78, 5) is 0. The number of aryl methyl sites for hydroxylation is 2. The van der Waals surface area contributed by atoms with Crippen molar-refractivity contribution in [2.45, 2.75) is 32.9 Å². The van der Waals surface area contributed by atoms with Gasteiger partial charge in [0.05, 0.1) is 22.5 Å². The highest BCUT2D eigenvalue weighted by molar-refractivity contribution is 9.10. The molecule has 2 rings (SSSR count). The Labute approximate surface area is 130 Å². The van der Waals surface area contributed by atoms with Crippen LogP contribution in [0, 0.1) is 12.7 Å². The third kappa shape index (κ3) is 3.05. The van der Waals surface area contributed by atoms with Crippen molar-refractivity contribution in [3.05, 3.63) is 50.5 Å². The van der Waals surface area contributed by atoms with Crippen molar-refractivity contribution in [1.29, 1.82) is 0 Å². The number of nitrogens with zero attached hydrogens (tertiary/aromatic N) is 2. The van der Waals surface area contributed by atoms with Crippen LogP contribution in [0.5, 0.6) is 0 Å². The summed E-state index contributed by atoms with van der Waals surface area (Å²) < 4.78 is 15.4. The number of hydrogen-bond donors (Lipinski definition) is 1. The van der Waals surface area contributed by atoms with Gasteiger partial charge in [-0.25, -0.2) is 4.39 Å². The van der Waals surface area contributed by atoms with Crippen molar-refractivity contribution in [2.24, 2.45) is 0 Å². The van der Waals surface area contributed by atoms with E-state index in [9.17, 15) is 9.50 Å². The molecule has 2 aromatic rings. The molecule has 108 valence electrons. The van der Waals surface area contributed by atoms with Gasteiger partial charge in [0.2, 0.25) is 0 Å². The molecule has 1 aromatic carbocycles. The molecule has 0 aliphatic heterocycles. The lowest BCUT2D eigenvalue weighted by molar-refractivity contribution is 0.174. The van der Waals surface area contributed by atoms with Crippen molar-refractivity contribution in [3.63, 3.8) is 0 Å². The lowest BCUT2D eigenvalue weighted by Gasteiger charge is -2.14. The maximum absolute atomic E-state index is 13.1.